The van der Waals surface area contributed by atoms with Gasteiger partial charge in [0.1, 0.15) is 5.82 Å². The van der Waals surface area contributed by atoms with Gasteiger partial charge in [0.2, 0.25) is 0 Å². The van der Waals surface area contributed by atoms with Crippen molar-refractivity contribution in [2.24, 2.45) is 0 Å². The molecule has 1 aromatic heterocycles. The Morgan fingerprint density at radius 3 is 2.68 bits per heavy atom. The van der Waals surface area contributed by atoms with Crippen molar-refractivity contribution in [2.75, 3.05) is 0 Å². The largest absolute Gasteiger partial charge is 0.387 e. The Balaban J connectivity index is 1.96. The lowest BCUT2D eigenvalue weighted by molar-refractivity contribution is 0.155. The quantitative estimate of drug-likeness (QED) is 0.808. The van der Waals surface area contributed by atoms with Crippen molar-refractivity contribution in [3.8, 4) is 0 Å². The molecule has 0 radical (unpaired) electrons. The van der Waals surface area contributed by atoms with Gasteiger partial charge in [-0.15, -0.1) is 0 Å². The van der Waals surface area contributed by atoms with Crippen LogP contribution >= 0.6 is 0 Å². The molecule has 3 aromatic rings. The van der Waals surface area contributed by atoms with Gasteiger partial charge in [0, 0.05) is 0 Å². The van der Waals surface area contributed by atoms with Gasteiger partial charge in [-0.1, -0.05) is 24.3 Å². The standard InChI is InChI=1S/C17H15FN2O2/c1-11-3-2-4-14-16(11)19-10-20(17(14)22)9-15(21)12-5-7-13(18)8-6-12/h2-8,10,15,21H,9H2,1H3. The van der Waals surface area contributed by atoms with Gasteiger partial charge >= 0.3 is 0 Å². The van der Waals surface area contributed by atoms with Crippen molar-refractivity contribution in [3.63, 3.8) is 0 Å². The van der Waals surface area contributed by atoms with Crippen molar-refractivity contribution in [1.82, 2.24) is 9.55 Å². The number of aliphatic hydroxyl groups is 1. The minimum Gasteiger partial charge on any atom is -0.387 e. The Hall–Kier alpha value is -2.53. The average Bonchev–Trinajstić information content (AvgIpc) is 2.51. The molecular weight excluding hydrogens is 283 g/mol. The second-order valence-electron chi connectivity index (χ2n) is 5.24. The number of fused-ring (bicyclic) bond motifs is 1. The van der Waals surface area contributed by atoms with E-state index in [2.05, 4.69) is 4.98 Å². The molecule has 0 aliphatic rings. The predicted molar refractivity (Wildman–Crippen MR) is 82.1 cm³/mol. The molecule has 0 saturated carbocycles. The van der Waals surface area contributed by atoms with E-state index in [4.69, 9.17) is 0 Å². The number of benzene rings is 2. The fourth-order valence-electron chi connectivity index (χ4n) is 2.44. The summed E-state index contributed by atoms with van der Waals surface area (Å²) >= 11 is 0. The third-order valence-corrected chi connectivity index (χ3v) is 3.68. The highest BCUT2D eigenvalue weighted by atomic mass is 19.1. The van der Waals surface area contributed by atoms with Crippen molar-refractivity contribution in [2.45, 2.75) is 19.6 Å². The number of nitrogens with zero attached hydrogens (tertiary/aromatic N) is 2. The summed E-state index contributed by atoms with van der Waals surface area (Å²) in [7, 11) is 0. The molecule has 0 saturated heterocycles. The minimum absolute atomic E-state index is 0.0708. The second-order valence-corrected chi connectivity index (χ2v) is 5.24. The maximum Gasteiger partial charge on any atom is 0.261 e. The molecule has 2 aromatic carbocycles. The lowest BCUT2D eigenvalue weighted by Crippen LogP contribution is -2.24. The van der Waals surface area contributed by atoms with Gasteiger partial charge in [0.25, 0.3) is 5.56 Å². The third-order valence-electron chi connectivity index (χ3n) is 3.68. The van der Waals surface area contributed by atoms with Crippen LogP contribution in [-0.4, -0.2) is 14.7 Å². The fraction of sp³-hybridized carbons (Fsp3) is 0.176. The van der Waals surface area contributed by atoms with Gasteiger partial charge < -0.3 is 5.11 Å². The first-order valence-electron chi connectivity index (χ1n) is 6.94. The molecule has 112 valence electrons. The van der Waals surface area contributed by atoms with Gasteiger partial charge in [-0.2, -0.15) is 0 Å². The summed E-state index contributed by atoms with van der Waals surface area (Å²) in [6.45, 7) is 1.97. The number of aliphatic hydroxyl groups excluding tert-OH is 1. The van der Waals surface area contributed by atoms with Gasteiger partial charge in [-0.05, 0) is 36.2 Å². The SMILES string of the molecule is Cc1cccc2c(=O)n(CC(O)c3ccc(F)cc3)cnc12. The Labute approximate surface area is 126 Å². The summed E-state index contributed by atoms with van der Waals surface area (Å²) in [4.78, 5) is 16.7. The van der Waals surface area contributed by atoms with Crippen LogP contribution in [0.3, 0.4) is 0 Å². The molecule has 0 amide bonds. The number of aromatic nitrogens is 2. The van der Waals surface area contributed by atoms with E-state index < -0.39 is 6.10 Å². The molecule has 0 aliphatic carbocycles. The van der Waals surface area contributed by atoms with Crippen molar-refractivity contribution in [3.05, 3.63) is 76.1 Å². The number of halogens is 1. The third kappa shape index (κ3) is 2.63. The van der Waals surface area contributed by atoms with Crippen LogP contribution in [-0.2, 0) is 6.54 Å². The molecule has 4 nitrogen and oxygen atoms in total. The number of hydrogen-bond donors (Lipinski definition) is 1. The van der Waals surface area contributed by atoms with Gasteiger partial charge in [-0.25, -0.2) is 9.37 Å². The zero-order valence-electron chi connectivity index (χ0n) is 12.0. The topological polar surface area (TPSA) is 55.1 Å². The van der Waals surface area contributed by atoms with Crippen LogP contribution in [0.25, 0.3) is 10.9 Å². The van der Waals surface area contributed by atoms with Crippen molar-refractivity contribution >= 4 is 10.9 Å². The summed E-state index contributed by atoms with van der Waals surface area (Å²) in [5, 5.41) is 10.7. The molecule has 1 unspecified atom stereocenters. The van der Waals surface area contributed by atoms with Gasteiger partial charge in [0.05, 0.1) is 29.9 Å². The van der Waals surface area contributed by atoms with Crippen LogP contribution in [0, 0.1) is 12.7 Å². The zero-order chi connectivity index (χ0) is 15.7. The summed E-state index contributed by atoms with van der Waals surface area (Å²) in [6.07, 6.45) is 0.534. The molecule has 0 spiro atoms. The number of para-hydroxylation sites is 1. The monoisotopic (exact) mass is 298 g/mol. The van der Waals surface area contributed by atoms with E-state index in [0.717, 1.165) is 5.56 Å². The molecule has 5 heteroatoms. The maximum absolute atomic E-state index is 12.9. The Bertz CT molecular complexity index is 872. The minimum atomic E-state index is -0.901. The number of rotatable bonds is 3. The maximum atomic E-state index is 12.9. The summed E-state index contributed by atoms with van der Waals surface area (Å²) in [5.41, 5.74) is 1.95. The molecule has 0 bridgehead atoms. The molecule has 1 atom stereocenters. The van der Waals surface area contributed by atoms with Crippen molar-refractivity contribution < 1.29 is 9.50 Å². The molecule has 0 fully saturated rings. The molecule has 22 heavy (non-hydrogen) atoms. The Morgan fingerprint density at radius 1 is 1.23 bits per heavy atom. The summed E-state index contributed by atoms with van der Waals surface area (Å²) in [6, 6.07) is 11.0. The summed E-state index contributed by atoms with van der Waals surface area (Å²) in [5.74, 6) is -0.365. The first kappa shape index (κ1) is 14.4. The predicted octanol–water partition coefficient (Wildman–Crippen LogP) is 2.58. The Kier molecular flexibility index (Phi) is 3.73. The van der Waals surface area contributed by atoms with E-state index in [9.17, 15) is 14.3 Å². The number of hydrogen-bond acceptors (Lipinski definition) is 3. The van der Waals surface area contributed by atoms with Gasteiger partial charge in [-0.3, -0.25) is 9.36 Å². The zero-order valence-corrected chi connectivity index (χ0v) is 12.0. The van der Waals surface area contributed by atoms with Crippen LogP contribution in [0.2, 0.25) is 0 Å². The lowest BCUT2D eigenvalue weighted by Gasteiger charge is -2.13. The van der Waals surface area contributed by atoms with Crippen LogP contribution in [0.15, 0.2) is 53.6 Å². The number of aryl methyl sites for hydroxylation is 1. The molecule has 1 N–H and O–H groups in total. The van der Waals surface area contributed by atoms with E-state index in [0.29, 0.717) is 16.5 Å². The second kappa shape index (κ2) is 5.69. The highest BCUT2D eigenvalue weighted by molar-refractivity contribution is 5.80. The summed E-state index contributed by atoms with van der Waals surface area (Å²) < 4.78 is 14.3. The Morgan fingerprint density at radius 2 is 1.95 bits per heavy atom. The fourth-order valence-corrected chi connectivity index (χ4v) is 2.44. The van der Waals surface area contributed by atoms with Crippen LogP contribution < -0.4 is 5.56 Å². The first-order chi connectivity index (χ1) is 10.6. The molecule has 1 heterocycles. The molecule has 0 aliphatic heterocycles. The van der Waals surface area contributed by atoms with Gasteiger partial charge in [0.15, 0.2) is 0 Å². The van der Waals surface area contributed by atoms with E-state index in [-0.39, 0.29) is 17.9 Å². The molecular formula is C17H15FN2O2. The highest BCUT2D eigenvalue weighted by Crippen LogP contribution is 2.16. The lowest BCUT2D eigenvalue weighted by atomic mass is 10.1. The highest BCUT2D eigenvalue weighted by Gasteiger charge is 2.12. The van der Waals surface area contributed by atoms with Crippen molar-refractivity contribution in [1.29, 1.82) is 0 Å². The van der Waals surface area contributed by atoms with Crippen LogP contribution in [0.1, 0.15) is 17.2 Å². The van der Waals surface area contributed by atoms with E-state index in [1.807, 2.05) is 19.1 Å². The van der Waals surface area contributed by atoms with E-state index in [1.54, 1.807) is 6.07 Å². The average molecular weight is 298 g/mol. The van der Waals surface area contributed by atoms with E-state index >= 15 is 0 Å². The molecule has 3 rings (SSSR count). The van der Waals surface area contributed by atoms with E-state index in [1.165, 1.54) is 35.2 Å². The smallest absolute Gasteiger partial charge is 0.261 e. The first-order valence-corrected chi connectivity index (χ1v) is 6.94. The van der Waals surface area contributed by atoms with Crippen LogP contribution in [0.4, 0.5) is 4.39 Å². The normalized spacial score (nSPS) is 12.5. The van der Waals surface area contributed by atoms with Crippen LogP contribution in [0.5, 0.6) is 0 Å².